The number of hydrogen-bond acceptors (Lipinski definition) is 6. The lowest BCUT2D eigenvalue weighted by Gasteiger charge is -2.42. The van der Waals surface area contributed by atoms with Crippen molar-refractivity contribution in [1.82, 2.24) is 10.6 Å². The number of amides is 2. The van der Waals surface area contributed by atoms with E-state index in [1.165, 1.54) is 6.08 Å². The van der Waals surface area contributed by atoms with Crippen LogP contribution in [0.1, 0.15) is 26.3 Å². The van der Waals surface area contributed by atoms with Gasteiger partial charge in [-0.25, -0.2) is 0 Å². The van der Waals surface area contributed by atoms with Crippen LogP contribution in [0, 0.1) is 6.92 Å². The van der Waals surface area contributed by atoms with E-state index in [1.807, 2.05) is 55.5 Å². The number of carbonyl (C=O) groups excluding carboxylic acids is 2. The number of hydrogen-bond donors (Lipinski definition) is 4. The van der Waals surface area contributed by atoms with Crippen molar-refractivity contribution >= 4 is 11.8 Å². The molecule has 3 aromatic carbocycles. The summed E-state index contributed by atoms with van der Waals surface area (Å²) in [6, 6.07) is 22.7. The summed E-state index contributed by atoms with van der Waals surface area (Å²) < 4.78 is 11.6. The zero-order valence-electron chi connectivity index (χ0n) is 21.1. The largest absolute Gasteiger partial charge is 0.388 e. The Bertz CT molecular complexity index is 1250. The predicted molar refractivity (Wildman–Crippen MR) is 143 cm³/mol. The molecule has 5 atom stereocenters. The van der Waals surface area contributed by atoms with Crippen molar-refractivity contribution in [1.29, 1.82) is 0 Å². The monoisotopic (exact) mass is 516 g/mol. The molecular formula is C30H32N2O6. The van der Waals surface area contributed by atoms with E-state index in [0.717, 1.165) is 16.7 Å². The molecule has 0 bridgehead atoms. The van der Waals surface area contributed by atoms with E-state index in [-0.39, 0.29) is 19.1 Å². The fraction of sp³-hybridized carbons (Fsp3) is 0.267. The molecule has 1 heterocycles. The third-order valence-corrected chi connectivity index (χ3v) is 6.39. The topological polar surface area (TPSA) is 117 Å². The van der Waals surface area contributed by atoms with Crippen molar-refractivity contribution in [2.75, 3.05) is 13.2 Å². The summed E-state index contributed by atoms with van der Waals surface area (Å²) in [7, 11) is 0. The Morgan fingerprint density at radius 2 is 1.63 bits per heavy atom. The Labute approximate surface area is 221 Å². The van der Waals surface area contributed by atoms with Gasteiger partial charge in [0.25, 0.3) is 11.8 Å². The first kappa shape index (κ1) is 27.2. The number of aryl methyl sites for hydroxylation is 1. The molecule has 0 saturated carbocycles. The van der Waals surface area contributed by atoms with Crippen LogP contribution in [0.4, 0.5) is 0 Å². The molecule has 1 saturated heterocycles. The predicted octanol–water partition coefficient (Wildman–Crippen LogP) is 2.84. The minimum absolute atomic E-state index is 0.0708. The quantitative estimate of drug-likeness (QED) is 0.325. The SMILES string of the molecule is C=CCOC1O[C@H](CNC(=O)c2ccc(C)cc2)[C@@H](O)[C@H](O)[C@H]1NC(=O)c1cccc(-c2ccccc2)c1. The van der Waals surface area contributed by atoms with Crippen LogP contribution in [-0.2, 0) is 9.47 Å². The van der Waals surface area contributed by atoms with E-state index in [4.69, 9.17) is 9.47 Å². The van der Waals surface area contributed by atoms with Crippen LogP contribution in [0.15, 0.2) is 91.5 Å². The average molecular weight is 517 g/mol. The Morgan fingerprint density at radius 1 is 0.921 bits per heavy atom. The summed E-state index contributed by atoms with van der Waals surface area (Å²) in [5, 5.41) is 27.2. The van der Waals surface area contributed by atoms with Gasteiger partial charge in [-0.05, 0) is 42.3 Å². The van der Waals surface area contributed by atoms with E-state index in [1.54, 1.807) is 30.3 Å². The van der Waals surface area contributed by atoms with Gasteiger partial charge < -0.3 is 30.3 Å². The maximum Gasteiger partial charge on any atom is 0.251 e. The van der Waals surface area contributed by atoms with Gasteiger partial charge in [0, 0.05) is 17.7 Å². The maximum atomic E-state index is 13.2. The van der Waals surface area contributed by atoms with Gasteiger partial charge in [0.05, 0.1) is 6.61 Å². The van der Waals surface area contributed by atoms with Crippen molar-refractivity contribution in [3.63, 3.8) is 0 Å². The standard InChI is InChI=1S/C30H32N2O6/c1-3-16-37-30-25(32-29(36)23-11-7-10-22(17-23)20-8-5-4-6-9-20)27(34)26(33)24(38-30)18-31-28(35)21-14-12-19(2)13-15-21/h3-15,17,24-27,30,33-34H,1,16,18H2,2H3,(H,31,35)(H,32,36)/t24-,25-,26-,27-,30?/m1/s1. The van der Waals surface area contributed by atoms with Crippen LogP contribution >= 0.6 is 0 Å². The Hall–Kier alpha value is -3.82. The second-order valence-electron chi connectivity index (χ2n) is 9.17. The Kier molecular flexibility index (Phi) is 9.04. The zero-order valence-corrected chi connectivity index (χ0v) is 21.1. The van der Waals surface area contributed by atoms with Crippen LogP contribution in [0.3, 0.4) is 0 Å². The minimum Gasteiger partial charge on any atom is -0.388 e. The highest BCUT2D eigenvalue weighted by Crippen LogP contribution is 2.24. The molecule has 0 aliphatic carbocycles. The van der Waals surface area contributed by atoms with Crippen LogP contribution in [0.25, 0.3) is 11.1 Å². The third kappa shape index (κ3) is 6.54. The Morgan fingerprint density at radius 3 is 2.34 bits per heavy atom. The first-order valence-corrected chi connectivity index (χ1v) is 12.4. The lowest BCUT2D eigenvalue weighted by molar-refractivity contribution is -0.258. The summed E-state index contributed by atoms with van der Waals surface area (Å²) in [6.45, 7) is 5.58. The number of aliphatic hydroxyl groups excluding tert-OH is 2. The van der Waals surface area contributed by atoms with Gasteiger partial charge >= 0.3 is 0 Å². The van der Waals surface area contributed by atoms with Gasteiger partial charge in [-0.15, -0.1) is 6.58 Å². The molecule has 38 heavy (non-hydrogen) atoms. The summed E-state index contributed by atoms with van der Waals surface area (Å²) in [6.07, 6.45) is -3.35. The highest BCUT2D eigenvalue weighted by molar-refractivity contribution is 5.96. The van der Waals surface area contributed by atoms with Gasteiger partial charge in [0.15, 0.2) is 6.29 Å². The first-order valence-electron chi connectivity index (χ1n) is 12.4. The number of carbonyl (C=O) groups is 2. The van der Waals surface area contributed by atoms with E-state index >= 15 is 0 Å². The zero-order chi connectivity index (χ0) is 27.1. The fourth-order valence-electron chi connectivity index (χ4n) is 4.26. The van der Waals surface area contributed by atoms with Gasteiger partial charge in [0.2, 0.25) is 0 Å². The normalized spacial score (nSPS) is 22.9. The molecule has 1 aliphatic rings. The van der Waals surface area contributed by atoms with Crippen LogP contribution in [0.5, 0.6) is 0 Å². The van der Waals surface area contributed by atoms with E-state index in [2.05, 4.69) is 17.2 Å². The highest BCUT2D eigenvalue weighted by atomic mass is 16.7. The van der Waals surface area contributed by atoms with Crippen molar-refractivity contribution < 1.29 is 29.3 Å². The number of aliphatic hydroxyl groups is 2. The van der Waals surface area contributed by atoms with Crippen molar-refractivity contribution in [2.45, 2.75) is 37.6 Å². The molecule has 8 nitrogen and oxygen atoms in total. The van der Waals surface area contributed by atoms with Gasteiger partial charge in [-0.2, -0.15) is 0 Å². The molecule has 0 aromatic heterocycles. The maximum absolute atomic E-state index is 13.2. The van der Waals surface area contributed by atoms with Crippen molar-refractivity contribution in [3.8, 4) is 11.1 Å². The molecule has 1 unspecified atom stereocenters. The molecule has 4 rings (SSSR count). The molecule has 4 N–H and O–H groups in total. The molecule has 2 amide bonds. The molecule has 8 heteroatoms. The van der Waals surface area contributed by atoms with E-state index < -0.39 is 36.6 Å². The lowest BCUT2D eigenvalue weighted by atomic mass is 9.95. The van der Waals surface area contributed by atoms with Crippen LogP contribution < -0.4 is 10.6 Å². The summed E-state index contributed by atoms with van der Waals surface area (Å²) in [4.78, 5) is 25.7. The summed E-state index contributed by atoms with van der Waals surface area (Å²) >= 11 is 0. The van der Waals surface area contributed by atoms with Crippen molar-refractivity contribution in [2.24, 2.45) is 0 Å². The number of nitrogens with one attached hydrogen (secondary N) is 2. The van der Waals surface area contributed by atoms with Gasteiger partial charge in [0.1, 0.15) is 24.4 Å². The lowest BCUT2D eigenvalue weighted by Crippen LogP contribution is -2.65. The number of benzene rings is 3. The van der Waals surface area contributed by atoms with E-state index in [9.17, 15) is 19.8 Å². The molecule has 0 radical (unpaired) electrons. The summed E-state index contributed by atoms with van der Waals surface area (Å²) in [5.74, 6) is -0.798. The van der Waals surface area contributed by atoms with Gasteiger partial charge in [-0.1, -0.05) is 66.2 Å². The fourth-order valence-corrected chi connectivity index (χ4v) is 4.26. The van der Waals surface area contributed by atoms with Crippen molar-refractivity contribution in [3.05, 3.63) is 108 Å². The summed E-state index contributed by atoms with van der Waals surface area (Å²) in [5.41, 5.74) is 3.69. The third-order valence-electron chi connectivity index (χ3n) is 6.39. The number of ether oxygens (including phenoxy) is 2. The molecular weight excluding hydrogens is 484 g/mol. The first-order chi connectivity index (χ1) is 18.4. The van der Waals surface area contributed by atoms with Gasteiger partial charge in [-0.3, -0.25) is 9.59 Å². The Balaban J connectivity index is 1.45. The molecule has 1 fully saturated rings. The molecule has 0 spiro atoms. The average Bonchev–Trinajstić information content (AvgIpc) is 2.95. The minimum atomic E-state index is -1.42. The van der Waals surface area contributed by atoms with E-state index in [0.29, 0.717) is 11.1 Å². The molecule has 3 aromatic rings. The molecule has 1 aliphatic heterocycles. The molecule has 198 valence electrons. The number of rotatable bonds is 9. The smallest absolute Gasteiger partial charge is 0.251 e. The highest BCUT2D eigenvalue weighted by Gasteiger charge is 2.45. The van der Waals surface area contributed by atoms with Crippen LogP contribution in [-0.4, -0.2) is 65.8 Å². The second kappa shape index (κ2) is 12.6. The van der Waals surface area contributed by atoms with Crippen LogP contribution in [0.2, 0.25) is 0 Å². The second-order valence-corrected chi connectivity index (χ2v) is 9.17.